The molecule has 2 nitrogen and oxygen atoms in total. The molecule has 0 spiro atoms. The van der Waals surface area contributed by atoms with E-state index in [-0.39, 0.29) is 0 Å². The van der Waals surface area contributed by atoms with Crippen molar-refractivity contribution in [3.63, 3.8) is 0 Å². The predicted molar refractivity (Wildman–Crippen MR) is 75.9 cm³/mol. The Bertz CT molecular complexity index is 538. The number of halogens is 1. The largest absolute Gasteiger partial charge is 0.508 e. The van der Waals surface area contributed by atoms with Crippen LogP contribution >= 0.6 is 15.9 Å². The van der Waals surface area contributed by atoms with Gasteiger partial charge in [-0.2, -0.15) is 0 Å². The number of hydrogen-bond acceptors (Lipinski definition) is 2. The first kappa shape index (κ1) is 13.0. The van der Waals surface area contributed by atoms with Crippen molar-refractivity contribution in [2.24, 2.45) is 0 Å². The average Bonchev–Trinajstić information content (AvgIpc) is 2.36. The van der Waals surface area contributed by atoms with Gasteiger partial charge in [0.05, 0.1) is 0 Å². The summed E-state index contributed by atoms with van der Waals surface area (Å²) in [7, 11) is 0. The Morgan fingerprint density at radius 3 is 2.28 bits per heavy atom. The number of para-hydroxylation sites is 1. The summed E-state index contributed by atoms with van der Waals surface area (Å²) in [5.41, 5.74) is 1.88. The maximum Gasteiger partial charge on any atom is 0.118 e. The van der Waals surface area contributed by atoms with Crippen LogP contribution in [0, 0.1) is 0 Å². The molecule has 0 saturated carbocycles. The second kappa shape index (κ2) is 5.91. The molecular weight excluding hydrogens is 292 g/mol. The summed E-state index contributed by atoms with van der Waals surface area (Å²) in [6.07, 6.45) is 2.49. The highest BCUT2D eigenvalue weighted by Gasteiger charge is 2.04. The fourth-order valence-corrected chi connectivity index (χ4v) is 2.35. The highest BCUT2D eigenvalue weighted by molar-refractivity contribution is 9.10. The Labute approximate surface area is 115 Å². The first-order chi connectivity index (χ1) is 8.66. The first-order valence-electron chi connectivity index (χ1n) is 5.91. The second-order valence-corrected chi connectivity index (χ2v) is 5.17. The van der Waals surface area contributed by atoms with Crippen molar-refractivity contribution in [3.8, 4) is 11.5 Å². The van der Waals surface area contributed by atoms with E-state index in [0.717, 1.165) is 34.9 Å². The van der Waals surface area contributed by atoms with Gasteiger partial charge in [-0.05, 0) is 54.7 Å². The van der Waals surface area contributed by atoms with E-state index >= 15 is 0 Å². The summed E-state index contributed by atoms with van der Waals surface area (Å²) in [4.78, 5) is 0. The minimum Gasteiger partial charge on any atom is -0.508 e. The molecule has 2 rings (SSSR count). The molecule has 18 heavy (non-hydrogen) atoms. The molecule has 3 heteroatoms. The van der Waals surface area contributed by atoms with Gasteiger partial charge in [-0.15, -0.1) is 0 Å². The molecule has 94 valence electrons. The van der Waals surface area contributed by atoms with Gasteiger partial charge in [0.2, 0.25) is 0 Å². The van der Waals surface area contributed by atoms with Crippen molar-refractivity contribution in [3.05, 3.63) is 58.1 Å². The molecule has 0 aromatic heterocycles. The molecule has 0 bridgehead atoms. The molecule has 0 unspecified atom stereocenters. The van der Waals surface area contributed by atoms with Crippen LogP contribution in [0.5, 0.6) is 11.5 Å². The van der Waals surface area contributed by atoms with E-state index in [1.165, 1.54) is 0 Å². The number of phenolic OH excluding ortho intramolecular Hbond substituents is 2. The molecule has 0 fully saturated rings. The Morgan fingerprint density at radius 2 is 1.50 bits per heavy atom. The van der Waals surface area contributed by atoms with Gasteiger partial charge in [0.25, 0.3) is 0 Å². The van der Waals surface area contributed by atoms with Crippen LogP contribution < -0.4 is 0 Å². The van der Waals surface area contributed by atoms with Crippen LogP contribution in [-0.2, 0) is 12.8 Å². The van der Waals surface area contributed by atoms with Crippen LogP contribution in [0.4, 0.5) is 0 Å². The number of benzene rings is 2. The van der Waals surface area contributed by atoms with Crippen LogP contribution in [-0.4, -0.2) is 10.2 Å². The summed E-state index contributed by atoms with van der Waals surface area (Å²) in [6, 6.07) is 12.8. The highest BCUT2D eigenvalue weighted by atomic mass is 79.9. The van der Waals surface area contributed by atoms with E-state index < -0.39 is 0 Å². The lowest BCUT2D eigenvalue weighted by Gasteiger charge is -2.06. The van der Waals surface area contributed by atoms with Crippen molar-refractivity contribution in [2.75, 3.05) is 0 Å². The molecule has 2 aromatic carbocycles. The number of phenols is 2. The Hall–Kier alpha value is -1.48. The van der Waals surface area contributed by atoms with Crippen molar-refractivity contribution < 1.29 is 10.2 Å². The highest BCUT2D eigenvalue weighted by Crippen LogP contribution is 2.24. The SMILES string of the molecule is Oc1ccccc1CCCc1cc(Br)ccc1O. The summed E-state index contributed by atoms with van der Waals surface area (Å²) < 4.78 is 0.970. The fraction of sp³-hybridized carbons (Fsp3) is 0.200. The molecule has 0 heterocycles. The molecular formula is C15H15BrO2. The van der Waals surface area contributed by atoms with Crippen LogP contribution in [0.15, 0.2) is 46.9 Å². The fourth-order valence-electron chi connectivity index (χ4n) is 1.95. The molecule has 0 aliphatic carbocycles. The standard InChI is InChI=1S/C15H15BrO2/c16-13-8-9-15(18)12(10-13)6-3-5-11-4-1-2-7-14(11)17/h1-2,4,7-10,17-18H,3,5-6H2. The average molecular weight is 307 g/mol. The molecule has 2 aromatic rings. The lowest BCUT2D eigenvalue weighted by atomic mass is 10.0. The number of aromatic hydroxyl groups is 2. The second-order valence-electron chi connectivity index (χ2n) is 4.26. The topological polar surface area (TPSA) is 40.5 Å². The minimum absolute atomic E-state index is 0.329. The monoisotopic (exact) mass is 306 g/mol. The Kier molecular flexibility index (Phi) is 4.26. The molecule has 0 aliphatic rings. The third-order valence-electron chi connectivity index (χ3n) is 2.93. The van der Waals surface area contributed by atoms with Crippen LogP contribution in [0.1, 0.15) is 17.5 Å². The lowest BCUT2D eigenvalue weighted by Crippen LogP contribution is -1.91. The van der Waals surface area contributed by atoms with Gasteiger partial charge in [0.1, 0.15) is 11.5 Å². The van der Waals surface area contributed by atoms with Gasteiger partial charge in [-0.25, -0.2) is 0 Å². The van der Waals surface area contributed by atoms with Gasteiger partial charge in [0, 0.05) is 4.47 Å². The van der Waals surface area contributed by atoms with Crippen molar-refractivity contribution in [1.82, 2.24) is 0 Å². The van der Waals surface area contributed by atoms with Crippen LogP contribution in [0.2, 0.25) is 0 Å². The summed E-state index contributed by atoms with van der Waals surface area (Å²) in [5.74, 6) is 0.673. The zero-order valence-electron chi connectivity index (χ0n) is 9.94. The Morgan fingerprint density at radius 1 is 0.833 bits per heavy atom. The van der Waals surface area contributed by atoms with Gasteiger partial charge in [0.15, 0.2) is 0 Å². The minimum atomic E-state index is 0.329. The molecule has 0 amide bonds. The van der Waals surface area contributed by atoms with Gasteiger partial charge >= 0.3 is 0 Å². The summed E-state index contributed by atoms with van der Waals surface area (Å²) in [6.45, 7) is 0. The predicted octanol–water partition coefficient (Wildman–Crippen LogP) is 4.04. The zero-order chi connectivity index (χ0) is 13.0. The lowest BCUT2D eigenvalue weighted by molar-refractivity contribution is 0.463. The van der Waals surface area contributed by atoms with E-state index in [9.17, 15) is 10.2 Å². The molecule has 0 aliphatic heterocycles. The van der Waals surface area contributed by atoms with Crippen molar-refractivity contribution in [1.29, 1.82) is 0 Å². The number of hydrogen-bond donors (Lipinski definition) is 2. The summed E-state index contributed by atoms with van der Waals surface area (Å²) >= 11 is 3.39. The van der Waals surface area contributed by atoms with Gasteiger partial charge in [-0.3, -0.25) is 0 Å². The van der Waals surface area contributed by atoms with Gasteiger partial charge < -0.3 is 10.2 Å². The Balaban J connectivity index is 1.96. The van der Waals surface area contributed by atoms with E-state index in [2.05, 4.69) is 15.9 Å². The van der Waals surface area contributed by atoms with Crippen LogP contribution in [0.3, 0.4) is 0 Å². The van der Waals surface area contributed by atoms with Crippen molar-refractivity contribution in [2.45, 2.75) is 19.3 Å². The molecule has 0 saturated heterocycles. The van der Waals surface area contributed by atoms with Crippen molar-refractivity contribution >= 4 is 15.9 Å². The third-order valence-corrected chi connectivity index (χ3v) is 3.42. The molecule has 0 radical (unpaired) electrons. The van der Waals surface area contributed by atoms with Crippen LogP contribution in [0.25, 0.3) is 0 Å². The van der Waals surface area contributed by atoms with E-state index in [1.54, 1.807) is 12.1 Å². The van der Waals surface area contributed by atoms with Gasteiger partial charge in [-0.1, -0.05) is 34.1 Å². The van der Waals surface area contributed by atoms with E-state index in [4.69, 9.17) is 0 Å². The maximum atomic E-state index is 9.72. The molecule has 0 atom stereocenters. The normalized spacial score (nSPS) is 10.5. The number of rotatable bonds is 4. The third kappa shape index (κ3) is 3.26. The first-order valence-corrected chi connectivity index (χ1v) is 6.70. The summed E-state index contributed by atoms with van der Waals surface area (Å²) in [5, 5.41) is 19.4. The zero-order valence-corrected chi connectivity index (χ0v) is 11.5. The smallest absolute Gasteiger partial charge is 0.118 e. The maximum absolute atomic E-state index is 9.72. The molecule has 2 N–H and O–H groups in total. The van der Waals surface area contributed by atoms with E-state index in [0.29, 0.717) is 11.5 Å². The quantitative estimate of drug-likeness (QED) is 0.895. The number of aryl methyl sites for hydroxylation is 2. The van der Waals surface area contributed by atoms with E-state index in [1.807, 2.05) is 30.3 Å².